The van der Waals surface area contributed by atoms with Gasteiger partial charge < -0.3 is 15.2 Å². The predicted molar refractivity (Wildman–Crippen MR) is 97.9 cm³/mol. The van der Waals surface area contributed by atoms with E-state index in [9.17, 15) is 4.79 Å². The number of hydrogen-bond acceptors (Lipinski definition) is 5. The molecular weight excluding hydrogens is 336 g/mol. The number of benzene rings is 2. The third kappa shape index (κ3) is 4.65. The highest BCUT2D eigenvalue weighted by atomic mass is 32.1. The van der Waals surface area contributed by atoms with Gasteiger partial charge in [0.1, 0.15) is 12.4 Å². The van der Waals surface area contributed by atoms with Gasteiger partial charge in [-0.15, -0.1) is 11.3 Å². The number of aryl methyl sites for hydroxylation is 1. The number of carbonyl (C=O) groups is 1. The maximum atomic E-state index is 12.3. The van der Waals surface area contributed by atoms with E-state index in [4.69, 9.17) is 9.84 Å². The Morgan fingerprint density at radius 2 is 2.04 bits per heavy atom. The highest BCUT2D eigenvalue weighted by Gasteiger charge is 2.07. The van der Waals surface area contributed by atoms with Gasteiger partial charge in [-0.1, -0.05) is 12.1 Å². The van der Waals surface area contributed by atoms with E-state index in [0.717, 1.165) is 16.3 Å². The number of nitrogens with one attached hydrogen (secondary N) is 1. The van der Waals surface area contributed by atoms with Crippen LogP contribution in [0.5, 0.6) is 5.75 Å². The Morgan fingerprint density at radius 3 is 2.72 bits per heavy atom. The molecule has 0 saturated heterocycles. The summed E-state index contributed by atoms with van der Waals surface area (Å²) in [5, 5.41) is 14.9. The quantitative estimate of drug-likeness (QED) is 0.707. The number of aromatic nitrogens is 1. The van der Waals surface area contributed by atoms with Gasteiger partial charge in [-0.2, -0.15) is 0 Å². The molecule has 0 aliphatic carbocycles. The van der Waals surface area contributed by atoms with Crippen molar-refractivity contribution >= 4 is 22.9 Å². The topological polar surface area (TPSA) is 71.5 Å². The lowest BCUT2D eigenvalue weighted by Crippen LogP contribution is -2.11. The van der Waals surface area contributed by atoms with Gasteiger partial charge in [0.05, 0.1) is 17.3 Å². The Morgan fingerprint density at radius 1 is 1.24 bits per heavy atom. The van der Waals surface area contributed by atoms with Crippen molar-refractivity contribution in [3.05, 3.63) is 75.7 Å². The first-order valence-electron chi connectivity index (χ1n) is 7.79. The molecule has 0 fully saturated rings. The standard InChI is InChI=1S/C19H18N2O3S/c1-13-20-17(12-25-13)11-24-18-7-5-15(6-8-18)19(23)21-16-4-2-3-14(9-16)10-22/h2-9,12,22H,10-11H2,1H3,(H,21,23). The molecule has 5 nitrogen and oxygen atoms in total. The van der Waals surface area contributed by atoms with Crippen LogP contribution in [0.1, 0.15) is 26.6 Å². The summed E-state index contributed by atoms with van der Waals surface area (Å²) in [6.07, 6.45) is 0. The first-order valence-corrected chi connectivity index (χ1v) is 8.67. The minimum Gasteiger partial charge on any atom is -0.487 e. The SMILES string of the molecule is Cc1nc(COc2ccc(C(=O)Nc3cccc(CO)c3)cc2)cs1. The summed E-state index contributed by atoms with van der Waals surface area (Å²) in [4.78, 5) is 16.6. The molecule has 0 aliphatic rings. The number of amides is 1. The Balaban J connectivity index is 1.60. The first kappa shape index (κ1) is 17.1. The minimum atomic E-state index is -0.211. The summed E-state index contributed by atoms with van der Waals surface area (Å²) in [5.41, 5.74) is 2.83. The van der Waals surface area contributed by atoms with E-state index in [2.05, 4.69) is 10.3 Å². The van der Waals surface area contributed by atoms with Gasteiger partial charge in [0.25, 0.3) is 5.91 Å². The first-order chi connectivity index (χ1) is 12.1. The molecule has 0 atom stereocenters. The average molecular weight is 354 g/mol. The van der Waals surface area contributed by atoms with Crippen molar-refractivity contribution in [3.8, 4) is 5.75 Å². The smallest absolute Gasteiger partial charge is 0.255 e. The summed E-state index contributed by atoms with van der Waals surface area (Å²) in [6, 6.07) is 14.1. The zero-order valence-electron chi connectivity index (χ0n) is 13.7. The summed E-state index contributed by atoms with van der Waals surface area (Å²) < 4.78 is 5.67. The minimum absolute atomic E-state index is 0.0613. The molecule has 6 heteroatoms. The molecule has 0 spiro atoms. The van der Waals surface area contributed by atoms with Crippen molar-refractivity contribution in [1.82, 2.24) is 4.98 Å². The fraction of sp³-hybridized carbons (Fsp3) is 0.158. The lowest BCUT2D eigenvalue weighted by Gasteiger charge is -2.08. The number of carbonyl (C=O) groups excluding carboxylic acids is 1. The number of rotatable bonds is 6. The monoisotopic (exact) mass is 354 g/mol. The molecule has 2 aromatic carbocycles. The highest BCUT2D eigenvalue weighted by Crippen LogP contribution is 2.17. The number of nitrogens with zero attached hydrogens (tertiary/aromatic N) is 1. The van der Waals surface area contributed by atoms with Gasteiger partial charge in [0, 0.05) is 16.6 Å². The number of anilines is 1. The van der Waals surface area contributed by atoms with E-state index in [-0.39, 0.29) is 12.5 Å². The molecule has 3 rings (SSSR count). The van der Waals surface area contributed by atoms with Gasteiger partial charge in [0.2, 0.25) is 0 Å². The maximum Gasteiger partial charge on any atom is 0.255 e. The Hall–Kier alpha value is -2.70. The van der Waals surface area contributed by atoms with E-state index in [0.29, 0.717) is 23.6 Å². The van der Waals surface area contributed by atoms with Crippen LogP contribution in [0.25, 0.3) is 0 Å². The molecule has 0 aliphatic heterocycles. The van der Waals surface area contributed by atoms with Crippen molar-refractivity contribution in [2.45, 2.75) is 20.1 Å². The number of thiazole rings is 1. The van der Waals surface area contributed by atoms with E-state index >= 15 is 0 Å². The van der Waals surface area contributed by atoms with Crippen LogP contribution in [0, 0.1) is 6.92 Å². The molecule has 1 amide bonds. The van der Waals surface area contributed by atoms with Crippen LogP contribution >= 0.6 is 11.3 Å². The molecular formula is C19H18N2O3S. The second-order valence-corrected chi connectivity index (χ2v) is 6.55. The van der Waals surface area contributed by atoms with Gasteiger partial charge >= 0.3 is 0 Å². The van der Waals surface area contributed by atoms with E-state index < -0.39 is 0 Å². The van der Waals surface area contributed by atoms with Gasteiger partial charge in [-0.05, 0) is 48.9 Å². The van der Waals surface area contributed by atoms with Crippen LogP contribution in [0.15, 0.2) is 53.9 Å². The molecule has 128 valence electrons. The zero-order chi connectivity index (χ0) is 17.6. The summed E-state index contributed by atoms with van der Waals surface area (Å²) in [6.45, 7) is 2.30. The summed E-state index contributed by atoms with van der Waals surface area (Å²) >= 11 is 1.59. The summed E-state index contributed by atoms with van der Waals surface area (Å²) in [5.74, 6) is 0.473. The van der Waals surface area contributed by atoms with Gasteiger partial charge in [-0.3, -0.25) is 4.79 Å². The fourth-order valence-electron chi connectivity index (χ4n) is 2.29. The molecule has 3 aromatic rings. The molecule has 0 radical (unpaired) electrons. The molecule has 2 N–H and O–H groups in total. The number of ether oxygens (including phenoxy) is 1. The van der Waals surface area contributed by atoms with Crippen LogP contribution in [-0.2, 0) is 13.2 Å². The van der Waals surface area contributed by atoms with E-state index in [1.54, 1.807) is 59.9 Å². The molecule has 1 heterocycles. The van der Waals surface area contributed by atoms with Crippen molar-refractivity contribution < 1.29 is 14.6 Å². The van der Waals surface area contributed by atoms with Crippen LogP contribution in [-0.4, -0.2) is 16.0 Å². The van der Waals surface area contributed by atoms with Crippen molar-refractivity contribution in [1.29, 1.82) is 0 Å². The summed E-state index contributed by atoms with van der Waals surface area (Å²) in [7, 11) is 0. The predicted octanol–water partition coefficient (Wildman–Crippen LogP) is 3.78. The molecule has 25 heavy (non-hydrogen) atoms. The molecule has 1 aromatic heterocycles. The highest BCUT2D eigenvalue weighted by molar-refractivity contribution is 7.09. The molecule has 0 unspecified atom stereocenters. The van der Waals surface area contributed by atoms with Crippen molar-refractivity contribution in [3.63, 3.8) is 0 Å². The maximum absolute atomic E-state index is 12.3. The van der Waals surface area contributed by atoms with E-state index in [1.165, 1.54) is 0 Å². The molecule has 0 saturated carbocycles. The number of aliphatic hydroxyl groups excluding tert-OH is 1. The van der Waals surface area contributed by atoms with Crippen molar-refractivity contribution in [2.24, 2.45) is 0 Å². The van der Waals surface area contributed by atoms with Crippen LogP contribution in [0.3, 0.4) is 0 Å². The normalized spacial score (nSPS) is 10.5. The molecule has 0 bridgehead atoms. The second-order valence-electron chi connectivity index (χ2n) is 5.48. The average Bonchev–Trinajstić information content (AvgIpc) is 3.06. The van der Waals surface area contributed by atoms with Crippen LogP contribution < -0.4 is 10.1 Å². The largest absolute Gasteiger partial charge is 0.487 e. The van der Waals surface area contributed by atoms with Crippen LogP contribution in [0.2, 0.25) is 0 Å². The van der Waals surface area contributed by atoms with Crippen LogP contribution in [0.4, 0.5) is 5.69 Å². The second kappa shape index (κ2) is 7.92. The lowest BCUT2D eigenvalue weighted by atomic mass is 10.1. The number of hydrogen-bond donors (Lipinski definition) is 2. The Labute approximate surface area is 149 Å². The number of aliphatic hydroxyl groups is 1. The Bertz CT molecular complexity index is 859. The Kier molecular flexibility index (Phi) is 5.42. The fourth-order valence-corrected chi connectivity index (χ4v) is 2.88. The van der Waals surface area contributed by atoms with Crippen molar-refractivity contribution in [2.75, 3.05) is 5.32 Å². The zero-order valence-corrected chi connectivity index (χ0v) is 14.5. The third-order valence-corrected chi connectivity index (χ3v) is 4.36. The third-order valence-electron chi connectivity index (χ3n) is 3.54. The lowest BCUT2D eigenvalue weighted by molar-refractivity contribution is 0.102. The van der Waals surface area contributed by atoms with Gasteiger partial charge in [0.15, 0.2) is 0 Å². The van der Waals surface area contributed by atoms with Gasteiger partial charge in [-0.25, -0.2) is 4.98 Å². The van der Waals surface area contributed by atoms with E-state index in [1.807, 2.05) is 12.3 Å².